The molecule has 0 saturated carbocycles. The first-order valence-corrected chi connectivity index (χ1v) is 8.86. The number of benzene rings is 2. The molecule has 2 aromatic carbocycles. The molecule has 1 aliphatic rings. The lowest BCUT2D eigenvalue weighted by molar-refractivity contribution is -0.388. The van der Waals surface area contributed by atoms with Crippen molar-refractivity contribution in [1.29, 1.82) is 0 Å². The fourth-order valence-electron chi connectivity index (χ4n) is 2.52. The number of ether oxygens (including phenoxy) is 2. The molecule has 0 unspecified atom stereocenters. The summed E-state index contributed by atoms with van der Waals surface area (Å²) in [7, 11) is 1.30. The number of halogens is 3. The second-order valence-corrected chi connectivity index (χ2v) is 6.81. The molecule has 1 saturated heterocycles. The normalized spacial score (nSPS) is 15.3. The lowest BCUT2D eigenvalue weighted by Crippen LogP contribution is -2.17. The molecular weight excluding hydrogens is 429 g/mol. The van der Waals surface area contributed by atoms with Crippen molar-refractivity contribution in [3.63, 3.8) is 0 Å². The first kappa shape index (κ1) is 21.2. The van der Waals surface area contributed by atoms with Crippen LogP contribution in [0.25, 0.3) is 6.08 Å². The van der Waals surface area contributed by atoms with Gasteiger partial charge in [0.25, 0.3) is 16.8 Å². The highest BCUT2D eigenvalue weighted by molar-refractivity contribution is 8.18. The van der Waals surface area contributed by atoms with E-state index in [9.17, 15) is 32.9 Å². The summed E-state index contributed by atoms with van der Waals surface area (Å²) in [6, 6.07) is 6.61. The van der Waals surface area contributed by atoms with Crippen molar-refractivity contribution in [3.8, 4) is 17.2 Å². The topological polar surface area (TPSA) is 108 Å². The number of nitrogens with zero attached hydrogens (tertiary/aromatic N) is 1. The molecule has 0 aromatic heterocycles. The third kappa shape index (κ3) is 4.54. The van der Waals surface area contributed by atoms with Crippen LogP contribution in [0.5, 0.6) is 17.2 Å². The first-order chi connectivity index (χ1) is 14.1. The van der Waals surface area contributed by atoms with Gasteiger partial charge in [-0.25, -0.2) is 0 Å². The predicted octanol–water partition coefficient (Wildman–Crippen LogP) is 4.74. The molecule has 0 atom stereocenters. The van der Waals surface area contributed by atoms with E-state index in [1.165, 1.54) is 31.4 Å². The van der Waals surface area contributed by atoms with E-state index in [4.69, 9.17) is 9.47 Å². The number of imide groups is 1. The highest BCUT2D eigenvalue weighted by Crippen LogP contribution is 2.40. The predicted molar refractivity (Wildman–Crippen MR) is 100 cm³/mol. The van der Waals surface area contributed by atoms with Crippen LogP contribution in [0.15, 0.2) is 41.3 Å². The van der Waals surface area contributed by atoms with Crippen molar-refractivity contribution < 1.29 is 37.2 Å². The van der Waals surface area contributed by atoms with E-state index in [0.29, 0.717) is 17.7 Å². The molecule has 2 amide bonds. The molecule has 156 valence electrons. The highest BCUT2D eigenvalue weighted by atomic mass is 32.2. The zero-order valence-electron chi connectivity index (χ0n) is 15.0. The summed E-state index contributed by atoms with van der Waals surface area (Å²) in [6.45, 7) is 0. The number of alkyl halides is 3. The zero-order valence-corrected chi connectivity index (χ0v) is 15.8. The third-order valence-corrected chi connectivity index (χ3v) is 4.64. The molecule has 30 heavy (non-hydrogen) atoms. The zero-order chi connectivity index (χ0) is 22.1. The molecule has 1 fully saturated rings. The summed E-state index contributed by atoms with van der Waals surface area (Å²) >= 11 is 0.724. The quantitative estimate of drug-likeness (QED) is 0.407. The Kier molecular flexibility index (Phi) is 5.69. The average molecular weight is 440 g/mol. The van der Waals surface area contributed by atoms with Crippen LogP contribution in [0.1, 0.15) is 11.1 Å². The third-order valence-electron chi connectivity index (χ3n) is 3.83. The molecule has 3 rings (SSSR count). The molecule has 0 radical (unpaired) electrons. The summed E-state index contributed by atoms with van der Waals surface area (Å²) in [5.41, 5.74) is -2.06. The molecule has 0 aliphatic carbocycles. The molecule has 1 N–H and O–H groups in total. The SMILES string of the molecule is COc1cc(/C=C2/SC(=O)NC2=O)ccc1Oc1ccc([N+](=O)[O-])c(C(F)(F)F)c1. The number of methoxy groups -OCH3 is 1. The number of nitro groups is 1. The van der Waals surface area contributed by atoms with Crippen LogP contribution < -0.4 is 14.8 Å². The average Bonchev–Trinajstić information content (AvgIpc) is 2.98. The molecule has 2 aromatic rings. The van der Waals surface area contributed by atoms with E-state index in [1.807, 2.05) is 0 Å². The Morgan fingerprint density at radius 1 is 1.13 bits per heavy atom. The standard InChI is InChI=1S/C18H11F3N2O6S/c1-28-14-6-9(7-15-16(24)22-17(25)30-15)2-5-13(14)29-10-3-4-12(23(26)27)11(8-10)18(19,20)21/h2-8H,1H3,(H,22,24,25)/b15-7+. The minimum Gasteiger partial charge on any atom is -0.493 e. The van der Waals surface area contributed by atoms with E-state index >= 15 is 0 Å². The molecule has 0 spiro atoms. The van der Waals surface area contributed by atoms with Gasteiger partial charge in [0.1, 0.15) is 11.3 Å². The van der Waals surface area contributed by atoms with Crippen LogP contribution in [-0.2, 0) is 11.0 Å². The summed E-state index contributed by atoms with van der Waals surface area (Å²) < 4.78 is 50.0. The van der Waals surface area contributed by atoms with Gasteiger partial charge in [-0.1, -0.05) is 6.07 Å². The Labute approximate surface area is 170 Å². The van der Waals surface area contributed by atoms with Gasteiger partial charge in [-0.2, -0.15) is 13.2 Å². The number of nitrogens with one attached hydrogen (secondary N) is 1. The minimum absolute atomic E-state index is 0.0428. The monoisotopic (exact) mass is 440 g/mol. The Morgan fingerprint density at radius 3 is 2.43 bits per heavy atom. The van der Waals surface area contributed by atoms with Crippen molar-refractivity contribution in [1.82, 2.24) is 5.32 Å². The molecule has 0 bridgehead atoms. The lowest BCUT2D eigenvalue weighted by Gasteiger charge is -2.13. The second kappa shape index (κ2) is 8.06. The number of carbonyl (C=O) groups excluding carboxylic acids is 2. The fourth-order valence-corrected chi connectivity index (χ4v) is 3.20. The van der Waals surface area contributed by atoms with Crippen LogP contribution in [0.2, 0.25) is 0 Å². The Balaban J connectivity index is 1.92. The molecule has 12 heteroatoms. The highest BCUT2D eigenvalue weighted by Gasteiger charge is 2.38. The van der Waals surface area contributed by atoms with Gasteiger partial charge < -0.3 is 9.47 Å². The Bertz CT molecular complexity index is 1080. The van der Waals surface area contributed by atoms with Crippen LogP contribution in [-0.4, -0.2) is 23.2 Å². The van der Waals surface area contributed by atoms with Crippen molar-refractivity contribution in [3.05, 3.63) is 62.5 Å². The Morgan fingerprint density at radius 2 is 1.87 bits per heavy atom. The van der Waals surface area contributed by atoms with Crippen LogP contribution in [0.3, 0.4) is 0 Å². The fraction of sp³-hybridized carbons (Fsp3) is 0.111. The molecule has 1 aliphatic heterocycles. The number of hydrogen-bond acceptors (Lipinski definition) is 7. The van der Waals surface area contributed by atoms with Gasteiger partial charge in [0.05, 0.1) is 16.9 Å². The van der Waals surface area contributed by atoms with Gasteiger partial charge in [0.15, 0.2) is 11.5 Å². The van der Waals surface area contributed by atoms with Crippen LogP contribution in [0.4, 0.5) is 23.7 Å². The van der Waals surface area contributed by atoms with Gasteiger partial charge in [0, 0.05) is 6.07 Å². The van der Waals surface area contributed by atoms with Crippen molar-refractivity contribution in [2.45, 2.75) is 6.18 Å². The number of nitro benzene ring substituents is 1. The molecular formula is C18H11F3N2O6S. The van der Waals surface area contributed by atoms with E-state index in [2.05, 4.69) is 5.32 Å². The number of thioether (sulfide) groups is 1. The summed E-state index contributed by atoms with van der Waals surface area (Å²) in [5, 5.41) is 12.5. The van der Waals surface area contributed by atoms with Crippen molar-refractivity contribution >= 4 is 34.7 Å². The van der Waals surface area contributed by atoms with Gasteiger partial charge in [-0.05, 0) is 47.7 Å². The smallest absolute Gasteiger partial charge is 0.423 e. The first-order valence-electron chi connectivity index (χ1n) is 8.05. The number of rotatable bonds is 5. The second-order valence-electron chi connectivity index (χ2n) is 5.80. The maximum Gasteiger partial charge on any atom is 0.423 e. The van der Waals surface area contributed by atoms with Crippen LogP contribution >= 0.6 is 11.8 Å². The van der Waals surface area contributed by atoms with Crippen molar-refractivity contribution in [2.24, 2.45) is 0 Å². The van der Waals surface area contributed by atoms with Gasteiger partial charge in [-0.3, -0.25) is 25.0 Å². The largest absolute Gasteiger partial charge is 0.493 e. The summed E-state index contributed by atoms with van der Waals surface area (Å²) in [6.07, 6.45) is -3.51. The van der Waals surface area contributed by atoms with Crippen molar-refractivity contribution in [2.75, 3.05) is 7.11 Å². The van der Waals surface area contributed by atoms with Gasteiger partial charge in [0.2, 0.25) is 0 Å². The van der Waals surface area contributed by atoms with E-state index in [0.717, 1.165) is 17.8 Å². The van der Waals surface area contributed by atoms with E-state index in [1.54, 1.807) is 0 Å². The van der Waals surface area contributed by atoms with E-state index in [-0.39, 0.29) is 22.2 Å². The number of amides is 2. The Hall–Kier alpha value is -3.54. The molecule has 8 nitrogen and oxygen atoms in total. The summed E-state index contributed by atoms with van der Waals surface area (Å²) in [4.78, 5) is 32.7. The maximum absolute atomic E-state index is 13.1. The summed E-state index contributed by atoms with van der Waals surface area (Å²) in [5.74, 6) is -0.657. The number of hydrogen-bond donors (Lipinski definition) is 1. The number of carbonyl (C=O) groups is 2. The molecule has 1 heterocycles. The van der Waals surface area contributed by atoms with Crippen LogP contribution in [0, 0.1) is 10.1 Å². The van der Waals surface area contributed by atoms with Gasteiger partial charge >= 0.3 is 6.18 Å². The van der Waals surface area contributed by atoms with Gasteiger partial charge in [-0.15, -0.1) is 0 Å². The van der Waals surface area contributed by atoms with E-state index < -0.39 is 33.5 Å². The maximum atomic E-state index is 13.1. The minimum atomic E-state index is -4.95. The lowest BCUT2D eigenvalue weighted by atomic mass is 10.1.